The number of amides is 2. The number of carbonyl (C=O) groups is 1. The van der Waals surface area contributed by atoms with Crippen LogP contribution in [-0.4, -0.2) is 41.0 Å². The van der Waals surface area contributed by atoms with Gasteiger partial charge in [-0.2, -0.15) is 13.2 Å². The van der Waals surface area contributed by atoms with E-state index in [9.17, 15) is 18.0 Å². The molecule has 2 aromatic heterocycles. The van der Waals surface area contributed by atoms with E-state index in [1.807, 2.05) is 12.3 Å². The number of pyridine rings is 1. The summed E-state index contributed by atoms with van der Waals surface area (Å²) in [6.07, 6.45) is 2.12. The Bertz CT molecular complexity index is 1100. The molecule has 0 fully saturated rings. The average molecular weight is 415 g/mol. The zero-order chi connectivity index (χ0) is 21.3. The summed E-state index contributed by atoms with van der Waals surface area (Å²) in [5.74, 6) is 0. The third-order valence-corrected chi connectivity index (χ3v) is 5.03. The lowest BCUT2D eigenvalue weighted by molar-refractivity contribution is -0.137. The number of halogens is 3. The molecule has 0 radical (unpaired) electrons. The van der Waals surface area contributed by atoms with Crippen molar-refractivity contribution in [1.82, 2.24) is 14.9 Å². The van der Waals surface area contributed by atoms with Crippen molar-refractivity contribution in [2.75, 3.05) is 30.8 Å². The summed E-state index contributed by atoms with van der Waals surface area (Å²) in [6, 6.07) is 5.69. The number of aromatic nitrogens is 2. The summed E-state index contributed by atoms with van der Waals surface area (Å²) in [4.78, 5) is 22.0. The van der Waals surface area contributed by atoms with Gasteiger partial charge in [0.15, 0.2) is 0 Å². The molecule has 0 atom stereocenters. The maximum Gasteiger partial charge on any atom is 0.416 e. The van der Waals surface area contributed by atoms with Crippen LogP contribution >= 0.6 is 0 Å². The molecule has 6 nitrogen and oxygen atoms in total. The van der Waals surface area contributed by atoms with Crippen molar-refractivity contribution in [3.8, 4) is 0 Å². The Morgan fingerprint density at radius 2 is 1.97 bits per heavy atom. The number of likely N-dealkylation sites (N-methyl/N-ethyl adjacent to an activating group) is 1. The number of rotatable bonds is 3. The lowest BCUT2D eigenvalue weighted by atomic mass is 10.0. The molecule has 4 rings (SSSR count). The van der Waals surface area contributed by atoms with Crippen molar-refractivity contribution in [2.45, 2.75) is 12.6 Å². The fraction of sp³-hybridized carbons (Fsp3) is 0.238. The molecule has 3 aromatic rings. The molecule has 1 aromatic carbocycles. The Hall–Kier alpha value is -3.33. The summed E-state index contributed by atoms with van der Waals surface area (Å²) in [5.41, 5.74) is 2.88. The molecule has 0 unspecified atom stereocenters. The van der Waals surface area contributed by atoms with E-state index < -0.39 is 17.8 Å². The van der Waals surface area contributed by atoms with Crippen LogP contribution in [0.5, 0.6) is 0 Å². The van der Waals surface area contributed by atoms with Gasteiger partial charge in [0.1, 0.15) is 5.65 Å². The Morgan fingerprint density at radius 1 is 1.20 bits per heavy atom. The largest absolute Gasteiger partial charge is 0.416 e. The highest BCUT2D eigenvalue weighted by Gasteiger charge is 2.30. The number of aromatic amines is 1. The van der Waals surface area contributed by atoms with Gasteiger partial charge in [0.25, 0.3) is 0 Å². The minimum Gasteiger partial charge on any atom is -0.344 e. The molecule has 1 aliphatic rings. The first kappa shape index (κ1) is 20.0. The van der Waals surface area contributed by atoms with E-state index in [4.69, 9.17) is 0 Å². The van der Waals surface area contributed by atoms with Crippen LogP contribution in [0.2, 0.25) is 0 Å². The van der Waals surface area contributed by atoms with Gasteiger partial charge >= 0.3 is 12.2 Å². The first-order valence-corrected chi connectivity index (χ1v) is 9.40. The number of alkyl halides is 3. The van der Waals surface area contributed by atoms with Crippen LogP contribution in [0, 0.1) is 0 Å². The SMILES string of the molecule is CN1CC=C(c2cnc3[nH]cc(NC(=O)Nc4ccc(C(F)(F)F)cc4)c3c2)CC1. The van der Waals surface area contributed by atoms with Crippen LogP contribution in [0.1, 0.15) is 17.5 Å². The zero-order valence-electron chi connectivity index (χ0n) is 16.2. The Balaban J connectivity index is 1.49. The van der Waals surface area contributed by atoms with Gasteiger partial charge in [-0.25, -0.2) is 9.78 Å². The van der Waals surface area contributed by atoms with Crippen LogP contribution in [-0.2, 0) is 6.18 Å². The third kappa shape index (κ3) is 4.30. The first-order valence-electron chi connectivity index (χ1n) is 9.40. The maximum atomic E-state index is 12.7. The number of nitrogens with one attached hydrogen (secondary N) is 3. The molecule has 0 spiro atoms. The van der Waals surface area contributed by atoms with E-state index in [-0.39, 0.29) is 5.69 Å². The van der Waals surface area contributed by atoms with Gasteiger partial charge in [-0.05, 0) is 54.9 Å². The van der Waals surface area contributed by atoms with Crippen molar-refractivity contribution in [3.05, 3.63) is 59.9 Å². The van der Waals surface area contributed by atoms with Crippen molar-refractivity contribution in [3.63, 3.8) is 0 Å². The number of hydrogen-bond acceptors (Lipinski definition) is 3. The summed E-state index contributed by atoms with van der Waals surface area (Å²) >= 11 is 0. The number of benzene rings is 1. The highest BCUT2D eigenvalue weighted by molar-refractivity contribution is 6.05. The number of fused-ring (bicyclic) bond motifs is 1. The second-order valence-electron chi connectivity index (χ2n) is 7.22. The Kier molecular flexibility index (Phi) is 5.21. The topological polar surface area (TPSA) is 73.0 Å². The van der Waals surface area contributed by atoms with Crippen molar-refractivity contribution >= 4 is 34.0 Å². The normalized spacial score (nSPS) is 15.1. The molecular formula is C21H20F3N5O. The van der Waals surface area contributed by atoms with E-state index >= 15 is 0 Å². The third-order valence-electron chi connectivity index (χ3n) is 5.03. The van der Waals surface area contributed by atoms with Gasteiger partial charge in [-0.1, -0.05) is 6.08 Å². The number of carbonyl (C=O) groups excluding carboxylic acids is 1. The fourth-order valence-corrected chi connectivity index (χ4v) is 3.34. The lowest BCUT2D eigenvalue weighted by Crippen LogP contribution is -2.23. The van der Waals surface area contributed by atoms with E-state index in [0.717, 1.165) is 42.6 Å². The summed E-state index contributed by atoms with van der Waals surface area (Å²) in [5, 5.41) is 6.02. The van der Waals surface area contributed by atoms with Gasteiger partial charge in [0, 0.05) is 36.6 Å². The van der Waals surface area contributed by atoms with Gasteiger partial charge in [0.05, 0.1) is 11.3 Å². The summed E-state index contributed by atoms with van der Waals surface area (Å²) < 4.78 is 38.0. The predicted molar refractivity (Wildman–Crippen MR) is 110 cm³/mol. The molecule has 2 amide bonds. The number of urea groups is 1. The fourth-order valence-electron chi connectivity index (χ4n) is 3.34. The standard InChI is InChI=1S/C21H20F3N5O/c1-29-8-6-13(7-9-29)14-10-17-18(12-26-19(17)25-11-14)28-20(30)27-16-4-2-15(3-5-16)21(22,23)24/h2-6,10-12H,7-9H2,1H3,(H,25,26)(H2,27,28,30). The molecule has 9 heteroatoms. The second kappa shape index (κ2) is 7.83. The average Bonchev–Trinajstić information content (AvgIpc) is 3.10. The highest BCUT2D eigenvalue weighted by atomic mass is 19.4. The van der Waals surface area contributed by atoms with Gasteiger partial charge < -0.3 is 20.5 Å². The van der Waals surface area contributed by atoms with Crippen molar-refractivity contribution in [1.29, 1.82) is 0 Å². The van der Waals surface area contributed by atoms with E-state index in [2.05, 4.69) is 38.6 Å². The lowest BCUT2D eigenvalue weighted by Gasteiger charge is -2.21. The molecule has 3 N–H and O–H groups in total. The monoisotopic (exact) mass is 415 g/mol. The first-order chi connectivity index (χ1) is 14.3. The molecule has 156 valence electrons. The summed E-state index contributed by atoms with van der Waals surface area (Å²) in [6.45, 7) is 1.85. The number of hydrogen-bond donors (Lipinski definition) is 3. The smallest absolute Gasteiger partial charge is 0.344 e. The maximum absolute atomic E-state index is 12.7. The quantitative estimate of drug-likeness (QED) is 0.567. The number of H-pyrrole nitrogens is 1. The van der Waals surface area contributed by atoms with Gasteiger partial charge in [0.2, 0.25) is 0 Å². The second-order valence-corrected chi connectivity index (χ2v) is 7.22. The predicted octanol–water partition coefficient (Wildman–Crippen LogP) is 4.94. The molecule has 1 aliphatic heterocycles. The van der Waals surface area contributed by atoms with Gasteiger partial charge in [-0.15, -0.1) is 0 Å². The van der Waals surface area contributed by atoms with Crippen molar-refractivity contribution in [2.24, 2.45) is 0 Å². The van der Waals surface area contributed by atoms with Crippen LogP contribution in [0.25, 0.3) is 16.6 Å². The highest BCUT2D eigenvalue weighted by Crippen LogP contribution is 2.30. The molecule has 0 bridgehead atoms. The minimum absolute atomic E-state index is 0.260. The van der Waals surface area contributed by atoms with E-state index in [0.29, 0.717) is 11.3 Å². The molecule has 0 aliphatic carbocycles. The number of anilines is 2. The van der Waals surface area contributed by atoms with Crippen LogP contribution < -0.4 is 10.6 Å². The van der Waals surface area contributed by atoms with E-state index in [1.165, 1.54) is 17.7 Å². The van der Waals surface area contributed by atoms with Crippen LogP contribution in [0.15, 0.2) is 48.8 Å². The van der Waals surface area contributed by atoms with E-state index in [1.54, 1.807) is 6.20 Å². The molecular weight excluding hydrogens is 395 g/mol. The molecule has 0 saturated carbocycles. The van der Waals surface area contributed by atoms with Crippen LogP contribution in [0.3, 0.4) is 0 Å². The summed E-state index contributed by atoms with van der Waals surface area (Å²) in [7, 11) is 2.07. The molecule has 0 saturated heterocycles. The Labute approximate surface area is 170 Å². The molecule has 3 heterocycles. The van der Waals surface area contributed by atoms with Gasteiger partial charge in [-0.3, -0.25) is 0 Å². The van der Waals surface area contributed by atoms with Crippen LogP contribution in [0.4, 0.5) is 29.3 Å². The minimum atomic E-state index is -4.42. The number of nitrogens with zero attached hydrogens (tertiary/aromatic N) is 2. The van der Waals surface area contributed by atoms with Crippen molar-refractivity contribution < 1.29 is 18.0 Å². The zero-order valence-corrected chi connectivity index (χ0v) is 16.2. The molecule has 30 heavy (non-hydrogen) atoms. The Morgan fingerprint density at radius 3 is 2.63 bits per heavy atom.